The van der Waals surface area contributed by atoms with Gasteiger partial charge in [0.2, 0.25) is 0 Å². The third-order valence-electron chi connectivity index (χ3n) is 5.80. The number of aromatic amines is 1. The molecule has 4 aromatic rings. The van der Waals surface area contributed by atoms with Crippen molar-refractivity contribution in [3.63, 3.8) is 0 Å². The van der Waals surface area contributed by atoms with Crippen LogP contribution in [0, 0.1) is 5.82 Å². The summed E-state index contributed by atoms with van der Waals surface area (Å²) in [5.41, 5.74) is 3.87. The fourth-order valence-electron chi connectivity index (χ4n) is 4.25. The van der Waals surface area contributed by atoms with Crippen molar-refractivity contribution in [2.75, 3.05) is 11.9 Å². The van der Waals surface area contributed by atoms with Gasteiger partial charge >= 0.3 is 0 Å². The van der Waals surface area contributed by atoms with Crippen LogP contribution in [-0.2, 0) is 0 Å². The molecule has 1 fully saturated rings. The van der Waals surface area contributed by atoms with Gasteiger partial charge in [-0.25, -0.2) is 9.37 Å². The smallest absolute Gasteiger partial charge is 0.255 e. The number of nitrogens with one attached hydrogen (secondary N) is 2. The largest absolute Gasteiger partial charge is 0.345 e. The summed E-state index contributed by atoms with van der Waals surface area (Å²) in [6.07, 6.45) is 3.23. The Morgan fingerprint density at radius 1 is 1.03 bits per heavy atom. The fourth-order valence-corrected chi connectivity index (χ4v) is 4.25. The Bertz CT molecular complexity index is 1320. The molecule has 0 aliphatic carbocycles. The first kappa shape index (κ1) is 19.9. The number of hydrogen-bond donors (Lipinski definition) is 2. The summed E-state index contributed by atoms with van der Waals surface area (Å²) < 4.78 is 13.7. The van der Waals surface area contributed by atoms with Crippen LogP contribution in [0.4, 0.5) is 10.1 Å². The van der Waals surface area contributed by atoms with Crippen molar-refractivity contribution in [3.8, 4) is 0 Å². The van der Waals surface area contributed by atoms with Crippen LogP contribution < -0.4 is 5.32 Å². The van der Waals surface area contributed by atoms with Gasteiger partial charge in [0, 0.05) is 23.4 Å². The van der Waals surface area contributed by atoms with E-state index in [1.165, 1.54) is 12.1 Å². The van der Waals surface area contributed by atoms with Crippen molar-refractivity contribution < 1.29 is 14.0 Å². The minimum atomic E-state index is -0.306. The number of benzene rings is 3. The van der Waals surface area contributed by atoms with Crippen LogP contribution in [0.3, 0.4) is 0 Å². The SMILES string of the molecule is O=C(Nc1cccc(C(=O)N2CCCC2c2cccc(F)c2)c1)c1ccc2nc[nH]c2c1. The molecule has 1 aliphatic heterocycles. The minimum absolute atomic E-state index is 0.133. The Labute approximate surface area is 184 Å². The average Bonchev–Trinajstić information content (AvgIpc) is 3.48. The molecule has 5 rings (SSSR count). The zero-order valence-corrected chi connectivity index (χ0v) is 17.2. The quantitative estimate of drug-likeness (QED) is 0.484. The summed E-state index contributed by atoms with van der Waals surface area (Å²) in [5.74, 6) is -0.712. The van der Waals surface area contributed by atoms with Gasteiger partial charge in [0.25, 0.3) is 11.8 Å². The van der Waals surface area contributed by atoms with Gasteiger partial charge < -0.3 is 15.2 Å². The van der Waals surface area contributed by atoms with E-state index in [1.807, 2.05) is 6.07 Å². The number of halogens is 1. The molecule has 160 valence electrons. The highest BCUT2D eigenvalue weighted by atomic mass is 19.1. The van der Waals surface area contributed by atoms with Gasteiger partial charge in [-0.15, -0.1) is 0 Å². The molecule has 0 spiro atoms. The third-order valence-corrected chi connectivity index (χ3v) is 5.80. The lowest BCUT2D eigenvalue weighted by atomic mass is 10.0. The van der Waals surface area contributed by atoms with Crippen molar-refractivity contribution in [1.29, 1.82) is 0 Å². The first-order chi connectivity index (χ1) is 15.6. The van der Waals surface area contributed by atoms with Crippen LogP contribution >= 0.6 is 0 Å². The second-order valence-corrected chi connectivity index (χ2v) is 7.88. The lowest BCUT2D eigenvalue weighted by Crippen LogP contribution is -2.30. The van der Waals surface area contributed by atoms with E-state index in [-0.39, 0.29) is 23.7 Å². The zero-order valence-electron chi connectivity index (χ0n) is 17.2. The molecular formula is C25H21FN4O2. The molecule has 2 N–H and O–H groups in total. The number of carbonyl (C=O) groups excluding carboxylic acids is 2. The van der Waals surface area contributed by atoms with Gasteiger partial charge in [0.15, 0.2) is 0 Å². The molecule has 0 radical (unpaired) electrons. The predicted molar refractivity (Wildman–Crippen MR) is 120 cm³/mol. The number of imidazole rings is 1. The molecule has 1 saturated heterocycles. The van der Waals surface area contributed by atoms with Crippen LogP contribution in [0.5, 0.6) is 0 Å². The zero-order chi connectivity index (χ0) is 22.1. The van der Waals surface area contributed by atoms with Crippen LogP contribution in [0.15, 0.2) is 73.1 Å². The number of anilines is 1. The molecule has 0 bridgehead atoms. The number of nitrogens with zero attached hydrogens (tertiary/aromatic N) is 2. The molecule has 32 heavy (non-hydrogen) atoms. The molecule has 6 nitrogen and oxygen atoms in total. The minimum Gasteiger partial charge on any atom is -0.345 e. The average molecular weight is 428 g/mol. The van der Waals surface area contributed by atoms with Gasteiger partial charge in [-0.2, -0.15) is 0 Å². The predicted octanol–water partition coefficient (Wildman–Crippen LogP) is 4.93. The number of H-pyrrole nitrogens is 1. The Balaban J connectivity index is 1.35. The maximum absolute atomic E-state index is 13.7. The van der Waals surface area contributed by atoms with Crippen LogP contribution in [0.1, 0.15) is 45.2 Å². The Hall–Kier alpha value is -4.00. The van der Waals surface area contributed by atoms with Crippen molar-refractivity contribution in [3.05, 3.63) is 95.6 Å². The molecule has 1 aliphatic rings. The van der Waals surface area contributed by atoms with E-state index >= 15 is 0 Å². The highest BCUT2D eigenvalue weighted by Crippen LogP contribution is 2.33. The van der Waals surface area contributed by atoms with Crippen molar-refractivity contribution in [2.45, 2.75) is 18.9 Å². The first-order valence-corrected chi connectivity index (χ1v) is 10.5. The normalized spacial score (nSPS) is 15.8. The molecule has 1 atom stereocenters. The summed E-state index contributed by atoms with van der Waals surface area (Å²) in [6, 6.07) is 18.4. The summed E-state index contributed by atoms with van der Waals surface area (Å²) in [6.45, 7) is 0.612. The number of fused-ring (bicyclic) bond motifs is 1. The highest BCUT2D eigenvalue weighted by molar-refractivity contribution is 6.06. The van der Waals surface area contributed by atoms with Crippen molar-refractivity contribution in [2.24, 2.45) is 0 Å². The van der Waals surface area contributed by atoms with Gasteiger partial charge in [0.1, 0.15) is 5.82 Å². The van der Waals surface area contributed by atoms with Gasteiger partial charge in [0.05, 0.1) is 23.4 Å². The van der Waals surface area contributed by atoms with E-state index in [9.17, 15) is 14.0 Å². The van der Waals surface area contributed by atoms with E-state index in [0.29, 0.717) is 23.4 Å². The molecule has 2 amide bonds. The fraction of sp³-hybridized carbons (Fsp3) is 0.160. The van der Waals surface area contributed by atoms with Crippen LogP contribution in [-0.4, -0.2) is 33.2 Å². The Morgan fingerprint density at radius 2 is 1.91 bits per heavy atom. The lowest BCUT2D eigenvalue weighted by Gasteiger charge is -2.25. The molecule has 2 heterocycles. The number of hydrogen-bond acceptors (Lipinski definition) is 3. The molecule has 7 heteroatoms. The number of amides is 2. The molecule has 0 saturated carbocycles. The van der Waals surface area contributed by atoms with Gasteiger partial charge in [-0.3, -0.25) is 9.59 Å². The number of likely N-dealkylation sites (tertiary alicyclic amines) is 1. The van der Waals surface area contributed by atoms with Crippen LogP contribution in [0.2, 0.25) is 0 Å². The number of rotatable bonds is 4. The highest BCUT2D eigenvalue weighted by Gasteiger charge is 2.30. The van der Waals surface area contributed by atoms with E-state index in [0.717, 1.165) is 29.4 Å². The number of aromatic nitrogens is 2. The van der Waals surface area contributed by atoms with Gasteiger partial charge in [-0.05, 0) is 66.9 Å². The van der Waals surface area contributed by atoms with Crippen molar-refractivity contribution in [1.82, 2.24) is 14.9 Å². The molecule has 1 aromatic heterocycles. The summed E-state index contributed by atoms with van der Waals surface area (Å²) >= 11 is 0. The topological polar surface area (TPSA) is 78.1 Å². The van der Waals surface area contributed by atoms with Gasteiger partial charge in [-0.1, -0.05) is 18.2 Å². The monoisotopic (exact) mass is 428 g/mol. The van der Waals surface area contributed by atoms with E-state index in [4.69, 9.17) is 0 Å². The maximum atomic E-state index is 13.7. The Morgan fingerprint density at radius 3 is 2.78 bits per heavy atom. The summed E-state index contributed by atoms with van der Waals surface area (Å²) in [4.78, 5) is 34.9. The second-order valence-electron chi connectivity index (χ2n) is 7.88. The maximum Gasteiger partial charge on any atom is 0.255 e. The summed E-state index contributed by atoms with van der Waals surface area (Å²) in [5, 5.41) is 2.86. The van der Waals surface area contributed by atoms with E-state index < -0.39 is 0 Å². The molecule has 1 unspecified atom stereocenters. The molecular weight excluding hydrogens is 407 g/mol. The third kappa shape index (κ3) is 3.85. The van der Waals surface area contributed by atoms with Crippen LogP contribution in [0.25, 0.3) is 11.0 Å². The summed E-state index contributed by atoms with van der Waals surface area (Å²) in [7, 11) is 0. The van der Waals surface area contributed by atoms with Crippen molar-refractivity contribution >= 4 is 28.5 Å². The Kier molecular flexibility index (Phi) is 5.15. The van der Waals surface area contributed by atoms with E-state index in [1.54, 1.807) is 59.8 Å². The second kappa shape index (κ2) is 8.26. The number of carbonyl (C=O) groups is 2. The standard InChI is InChI=1S/C25H21FN4O2/c26-19-6-1-4-16(12-19)23-8-3-11-30(23)25(32)18-5-2-7-20(13-18)29-24(31)17-9-10-21-22(14-17)28-15-27-21/h1-2,4-7,9-10,12-15,23H,3,8,11H2,(H,27,28)(H,29,31). The molecule has 3 aromatic carbocycles. The van der Waals surface area contributed by atoms with E-state index in [2.05, 4.69) is 15.3 Å². The first-order valence-electron chi connectivity index (χ1n) is 10.5. The lowest BCUT2D eigenvalue weighted by molar-refractivity contribution is 0.0735.